The molecule has 0 saturated carbocycles. The fourth-order valence-electron chi connectivity index (χ4n) is 4.78. The predicted molar refractivity (Wildman–Crippen MR) is 125 cm³/mol. The number of hydrogen-bond acceptors (Lipinski definition) is 7. The van der Waals surface area contributed by atoms with E-state index in [1.807, 2.05) is 18.2 Å². The molecule has 0 spiro atoms. The summed E-state index contributed by atoms with van der Waals surface area (Å²) in [5.74, 6) is -1.20. The maximum atomic E-state index is 13.0. The smallest absolute Gasteiger partial charge is 0.329 e. The van der Waals surface area contributed by atoms with E-state index in [4.69, 9.17) is 4.74 Å². The lowest BCUT2D eigenvalue weighted by Crippen LogP contribution is -2.46. The minimum Gasteiger partial charge on any atom is -0.460 e. The van der Waals surface area contributed by atoms with Crippen LogP contribution in [-0.4, -0.2) is 56.3 Å². The van der Waals surface area contributed by atoms with Gasteiger partial charge in [0, 0.05) is 32.2 Å². The number of fused-ring (bicyclic) bond motifs is 1. The Morgan fingerprint density at radius 3 is 2.47 bits per heavy atom. The Kier molecular flexibility index (Phi) is 6.05. The molecule has 1 atom stereocenters. The first-order valence-electron chi connectivity index (χ1n) is 11.6. The maximum absolute atomic E-state index is 13.0. The van der Waals surface area contributed by atoms with Crippen LogP contribution in [0.2, 0.25) is 0 Å². The van der Waals surface area contributed by atoms with Crippen molar-refractivity contribution >= 4 is 34.5 Å². The van der Waals surface area contributed by atoms with Gasteiger partial charge in [-0.15, -0.1) is 0 Å². The molecular weight excluding hydrogens is 440 g/mol. The molecule has 0 aliphatic carbocycles. The lowest BCUT2D eigenvalue weighted by Gasteiger charge is -2.39. The Morgan fingerprint density at radius 2 is 1.85 bits per heavy atom. The molecule has 3 heterocycles. The van der Waals surface area contributed by atoms with Crippen molar-refractivity contribution in [1.82, 2.24) is 14.5 Å². The van der Waals surface area contributed by atoms with Gasteiger partial charge >= 0.3 is 11.7 Å². The van der Waals surface area contributed by atoms with Gasteiger partial charge < -0.3 is 14.7 Å². The summed E-state index contributed by atoms with van der Waals surface area (Å²) < 4.78 is 8.32. The van der Waals surface area contributed by atoms with E-state index in [0.29, 0.717) is 37.0 Å². The van der Waals surface area contributed by atoms with Gasteiger partial charge in [-0.05, 0) is 58.2 Å². The number of carbonyl (C=O) groups is 3. The summed E-state index contributed by atoms with van der Waals surface area (Å²) in [5, 5.41) is 13.2. The third-order valence-corrected chi connectivity index (χ3v) is 6.55. The molecule has 2 aromatic rings. The van der Waals surface area contributed by atoms with Crippen LogP contribution in [-0.2, 0) is 26.2 Å². The number of anilines is 1. The summed E-state index contributed by atoms with van der Waals surface area (Å²) in [6.45, 7) is 6.50. The number of nitrogens with one attached hydrogen (secondary N) is 1. The Hall–Kier alpha value is -3.14. The van der Waals surface area contributed by atoms with E-state index in [-0.39, 0.29) is 30.9 Å². The molecule has 4 rings (SSSR count). The first-order chi connectivity index (χ1) is 15.9. The van der Waals surface area contributed by atoms with Gasteiger partial charge in [0.25, 0.3) is 0 Å². The fraction of sp³-hybridized carbons (Fsp3) is 0.583. The van der Waals surface area contributed by atoms with Crippen LogP contribution in [0.3, 0.4) is 0 Å². The number of nitrogens with zero attached hydrogens (tertiary/aromatic N) is 3. The van der Waals surface area contributed by atoms with Gasteiger partial charge in [0.1, 0.15) is 11.6 Å². The standard InChI is InChI=1S/C24H32N4O6/c1-23(2,3)34-20(30)14-24(33)9-11-27(12-10-24)15-5-6-16-18(13-15)26(4)22(32)28(16)17-7-8-19(29)25-21(17)31/h5-6,13,17,33H,7-12,14H2,1-4H3,(H,25,29,31). The lowest BCUT2D eigenvalue weighted by atomic mass is 9.88. The minimum absolute atomic E-state index is 0.0412. The van der Waals surface area contributed by atoms with Crippen LogP contribution in [0.4, 0.5) is 5.69 Å². The number of imide groups is 1. The molecule has 2 N–H and O–H groups in total. The number of imidazole rings is 1. The second-order valence-electron chi connectivity index (χ2n) is 10.3. The van der Waals surface area contributed by atoms with E-state index >= 15 is 0 Å². The van der Waals surface area contributed by atoms with E-state index in [0.717, 1.165) is 5.69 Å². The first-order valence-corrected chi connectivity index (χ1v) is 11.6. The first kappa shape index (κ1) is 24.0. The van der Waals surface area contributed by atoms with E-state index in [1.165, 1.54) is 9.13 Å². The Bertz CT molecular complexity index is 1200. The molecule has 2 saturated heterocycles. The van der Waals surface area contributed by atoms with Gasteiger partial charge in [-0.25, -0.2) is 4.79 Å². The van der Waals surface area contributed by atoms with Crippen molar-refractivity contribution in [1.29, 1.82) is 0 Å². The predicted octanol–water partition coefficient (Wildman–Crippen LogP) is 1.38. The van der Waals surface area contributed by atoms with Crippen LogP contribution < -0.4 is 15.9 Å². The average Bonchev–Trinajstić information content (AvgIpc) is 2.97. The minimum atomic E-state index is -1.11. The van der Waals surface area contributed by atoms with Crippen molar-refractivity contribution in [2.24, 2.45) is 7.05 Å². The number of amides is 2. The van der Waals surface area contributed by atoms with Crippen LogP contribution in [0.25, 0.3) is 11.0 Å². The van der Waals surface area contributed by atoms with Crippen LogP contribution in [0, 0.1) is 0 Å². The van der Waals surface area contributed by atoms with Crippen LogP contribution >= 0.6 is 0 Å². The van der Waals surface area contributed by atoms with Crippen LogP contribution in [0.5, 0.6) is 0 Å². The topological polar surface area (TPSA) is 123 Å². The summed E-state index contributed by atoms with van der Waals surface area (Å²) in [6.07, 6.45) is 1.27. The van der Waals surface area contributed by atoms with Crippen LogP contribution in [0.1, 0.15) is 58.9 Å². The van der Waals surface area contributed by atoms with E-state index in [2.05, 4.69) is 10.2 Å². The van der Waals surface area contributed by atoms with Crippen molar-refractivity contribution < 1.29 is 24.2 Å². The quantitative estimate of drug-likeness (QED) is 0.509. The van der Waals surface area contributed by atoms with Gasteiger partial charge in [-0.3, -0.25) is 28.8 Å². The van der Waals surface area contributed by atoms with Crippen molar-refractivity contribution in [3.63, 3.8) is 0 Å². The highest BCUT2D eigenvalue weighted by molar-refractivity contribution is 6.00. The van der Waals surface area contributed by atoms with Gasteiger partial charge in [0.15, 0.2) is 0 Å². The number of aliphatic hydroxyl groups is 1. The molecule has 34 heavy (non-hydrogen) atoms. The zero-order chi connectivity index (χ0) is 24.8. The number of esters is 1. The number of aryl methyl sites for hydroxylation is 1. The number of piperidine rings is 2. The Labute approximate surface area is 197 Å². The van der Waals surface area contributed by atoms with Gasteiger partial charge in [-0.2, -0.15) is 0 Å². The molecule has 0 radical (unpaired) electrons. The van der Waals surface area contributed by atoms with E-state index in [1.54, 1.807) is 27.8 Å². The SMILES string of the molecule is Cn1c(=O)n(C2CCC(=O)NC2=O)c2ccc(N3CCC(O)(CC(=O)OC(C)(C)C)CC3)cc21. The molecule has 1 aromatic carbocycles. The largest absolute Gasteiger partial charge is 0.460 e. The normalized spacial score (nSPS) is 21.0. The summed E-state index contributed by atoms with van der Waals surface area (Å²) >= 11 is 0. The fourth-order valence-corrected chi connectivity index (χ4v) is 4.78. The zero-order valence-electron chi connectivity index (χ0n) is 20.1. The molecule has 2 fully saturated rings. The summed E-state index contributed by atoms with van der Waals surface area (Å²) in [6, 6.07) is 4.88. The van der Waals surface area contributed by atoms with Crippen molar-refractivity contribution in [3.8, 4) is 0 Å². The highest BCUT2D eigenvalue weighted by Gasteiger charge is 2.36. The molecule has 10 heteroatoms. The number of aromatic nitrogens is 2. The monoisotopic (exact) mass is 472 g/mol. The number of benzene rings is 1. The molecule has 1 aromatic heterocycles. The summed E-state index contributed by atoms with van der Waals surface area (Å²) in [4.78, 5) is 51.2. The van der Waals surface area contributed by atoms with Gasteiger partial charge in [-0.1, -0.05) is 0 Å². The van der Waals surface area contributed by atoms with E-state index < -0.39 is 29.1 Å². The third kappa shape index (κ3) is 4.72. The van der Waals surface area contributed by atoms with Gasteiger partial charge in [0.2, 0.25) is 11.8 Å². The summed E-state index contributed by atoms with van der Waals surface area (Å²) in [5.41, 5.74) is 0.190. The van der Waals surface area contributed by atoms with Crippen molar-refractivity contribution in [2.45, 2.75) is 70.1 Å². The number of hydrogen-bond donors (Lipinski definition) is 2. The molecule has 1 unspecified atom stereocenters. The van der Waals surface area contributed by atoms with Crippen molar-refractivity contribution in [2.75, 3.05) is 18.0 Å². The third-order valence-electron chi connectivity index (χ3n) is 6.55. The molecule has 184 valence electrons. The number of carbonyl (C=O) groups excluding carboxylic acids is 3. The number of rotatable bonds is 4. The number of ether oxygens (including phenoxy) is 1. The molecular formula is C24H32N4O6. The Morgan fingerprint density at radius 1 is 1.18 bits per heavy atom. The molecule has 0 bridgehead atoms. The highest BCUT2D eigenvalue weighted by atomic mass is 16.6. The van der Waals surface area contributed by atoms with Crippen molar-refractivity contribution in [3.05, 3.63) is 28.7 Å². The van der Waals surface area contributed by atoms with E-state index in [9.17, 15) is 24.3 Å². The zero-order valence-corrected chi connectivity index (χ0v) is 20.1. The van der Waals surface area contributed by atoms with Crippen LogP contribution in [0.15, 0.2) is 23.0 Å². The molecule has 10 nitrogen and oxygen atoms in total. The average molecular weight is 473 g/mol. The molecule has 2 aliphatic rings. The second kappa shape index (κ2) is 8.57. The van der Waals surface area contributed by atoms with Gasteiger partial charge in [0.05, 0.1) is 23.1 Å². The highest BCUT2D eigenvalue weighted by Crippen LogP contribution is 2.32. The molecule has 2 amide bonds. The Balaban J connectivity index is 1.52. The molecule has 2 aliphatic heterocycles. The summed E-state index contributed by atoms with van der Waals surface area (Å²) in [7, 11) is 1.66. The second-order valence-corrected chi connectivity index (χ2v) is 10.3. The lowest BCUT2D eigenvalue weighted by molar-refractivity contribution is -0.161. The maximum Gasteiger partial charge on any atom is 0.329 e.